The van der Waals surface area contributed by atoms with Crippen LogP contribution in [0.3, 0.4) is 0 Å². The number of nitrogens with zero attached hydrogens (tertiary/aromatic N) is 3. The molecule has 2 heterocycles. The third-order valence-electron chi connectivity index (χ3n) is 5.57. The van der Waals surface area contributed by atoms with Gasteiger partial charge >= 0.3 is 0 Å². The summed E-state index contributed by atoms with van der Waals surface area (Å²) in [5.74, 6) is 1.00. The van der Waals surface area contributed by atoms with Gasteiger partial charge in [0.1, 0.15) is 0 Å². The van der Waals surface area contributed by atoms with Crippen LogP contribution in [-0.2, 0) is 11.2 Å². The molecule has 0 atom stereocenters. The van der Waals surface area contributed by atoms with Crippen molar-refractivity contribution in [2.24, 2.45) is 0 Å². The Balaban J connectivity index is 1.18. The Kier molecular flexibility index (Phi) is 4.32. The minimum Gasteiger partial charge on any atom is -0.345 e. The molecule has 2 aliphatic rings. The molecule has 3 aromatic rings. The van der Waals surface area contributed by atoms with Crippen molar-refractivity contribution >= 4 is 32.6 Å². The molecule has 0 radical (unpaired) electrons. The quantitative estimate of drug-likeness (QED) is 0.688. The van der Waals surface area contributed by atoms with E-state index in [-0.39, 0.29) is 5.91 Å². The molecular formula is C22H23N3OS. The molecular weight excluding hydrogens is 354 g/mol. The molecule has 0 unspecified atom stereocenters. The summed E-state index contributed by atoms with van der Waals surface area (Å²) in [5.41, 5.74) is 3.61. The molecule has 0 bridgehead atoms. The monoisotopic (exact) mass is 377 g/mol. The van der Waals surface area contributed by atoms with E-state index < -0.39 is 0 Å². The Hall–Kier alpha value is -2.40. The lowest BCUT2D eigenvalue weighted by Crippen LogP contribution is -2.49. The number of hydrogen-bond acceptors (Lipinski definition) is 4. The van der Waals surface area contributed by atoms with Gasteiger partial charge in [0.15, 0.2) is 5.13 Å². The number of hydrogen-bond donors (Lipinski definition) is 0. The summed E-state index contributed by atoms with van der Waals surface area (Å²) >= 11 is 1.74. The standard InChI is InChI=1S/C22H23N3OS/c26-21(15-16-5-7-17(8-6-16)18-9-10-18)24-11-13-25(14-12-24)22-23-19-3-1-2-4-20(19)27-22/h1-8,18H,9-15H2. The first-order chi connectivity index (χ1) is 13.3. The summed E-state index contributed by atoms with van der Waals surface area (Å²) in [6, 6.07) is 16.9. The highest BCUT2D eigenvalue weighted by Gasteiger charge is 2.24. The van der Waals surface area contributed by atoms with Gasteiger partial charge in [-0.2, -0.15) is 0 Å². The second-order valence-electron chi connectivity index (χ2n) is 7.52. The zero-order chi connectivity index (χ0) is 18.2. The van der Waals surface area contributed by atoms with Gasteiger partial charge in [-0.15, -0.1) is 0 Å². The Morgan fingerprint density at radius 1 is 1.00 bits per heavy atom. The number of aromatic nitrogens is 1. The minimum atomic E-state index is 0.234. The van der Waals surface area contributed by atoms with Crippen molar-refractivity contribution in [3.8, 4) is 0 Å². The lowest BCUT2D eigenvalue weighted by Gasteiger charge is -2.34. The lowest BCUT2D eigenvalue weighted by molar-refractivity contribution is -0.130. The largest absolute Gasteiger partial charge is 0.345 e. The molecule has 27 heavy (non-hydrogen) atoms. The average Bonchev–Trinajstić information content (AvgIpc) is 3.47. The Morgan fingerprint density at radius 3 is 2.44 bits per heavy atom. The highest BCUT2D eigenvalue weighted by molar-refractivity contribution is 7.22. The first-order valence-corrected chi connectivity index (χ1v) is 10.5. The van der Waals surface area contributed by atoms with Crippen molar-refractivity contribution in [2.45, 2.75) is 25.2 Å². The van der Waals surface area contributed by atoms with E-state index in [0.717, 1.165) is 48.3 Å². The van der Waals surface area contributed by atoms with Crippen LogP contribution in [0.1, 0.15) is 29.9 Å². The minimum absolute atomic E-state index is 0.234. The maximum atomic E-state index is 12.7. The normalized spacial score (nSPS) is 17.5. The molecule has 2 aromatic carbocycles. The Morgan fingerprint density at radius 2 is 1.74 bits per heavy atom. The molecule has 1 aromatic heterocycles. The number of piperazine rings is 1. The van der Waals surface area contributed by atoms with Crippen LogP contribution in [0, 0.1) is 0 Å². The van der Waals surface area contributed by atoms with Crippen molar-refractivity contribution in [2.75, 3.05) is 31.1 Å². The van der Waals surface area contributed by atoms with Crippen LogP contribution in [0.4, 0.5) is 5.13 Å². The maximum absolute atomic E-state index is 12.7. The molecule has 5 rings (SSSR count). The molecule has 0 spiro atoms. The summed E-state index contributed by atoms with van der Waals surface area (Å²) in [4.78, 5) is 21.7. The molecule has 138 valence electrons. The molecule has 5 heteroatoms. The number of carbonyl (C=O) groups excluding carboxylic acids is 1. The number of anilines is 1. The lowest BCUT2D eigenvalue weighted by atomic mass is 10.1. The molecule has 1 aliphatic carbocycles. The molecule has 0 N–H and O–H groups in total. The van der Waals surface area contributed by atoms with Crippen LogP contribution < -0.4 is 4.90 Å². The van der Waals surface area contributed by atoms with Gasteiger partial charge in [0.25, 0.3) is 0 Å². The van der Waals surface area contributed by atoms with Crippen LogP contribution in [0.15, 0.2) is 48.5 Å². The van der Waals surface area contributed by atoms with Crippen molar-refractivity contribution in [3.05, 3.63) is 59.7 Å². The van der Waals surface area contributed by atoms with Crippen LogP contribution in [-0.4, -0.2) is 42.0 Å². The first kappa shape index (κ1) is 16.8. The predicted octanol–water partition coefficient (Wildman–Crippen LogP) is 4.07. The fraction of sp³-hybridized carbons (Fsp3) is 0.364. The molecule has 1 amide bonds. The van der Waals surface area contributed by atoms with E-state index in [0.29, 0.717) is 6.42 Å². The third-order valence-corrected chi connectivity index (χ3v) is 6.67. The van der Waals surface area contributed by atoms with E-state index in [9.17, 15) is 4.79 Å². The molecule has 1 aliphatic heterocycles. The zero-order valence-electron chi connectivity index (χ0n) is 15.3. The number of para-hydroxylation sites is 1. The number of fused-ring (bicyclic) bond motifs is 1. The van der Waals surface area contributed by atoms with E-state index >= 15 is 0 Å². The highest BCUT2D eigenvalue weighted by atomic mass is 32.1. The van der Waals surface area contributed by atoms with E-state index in [1.54, 1.807) is 11.3 Å². The number of carbonyl (C=O) groups is 1. The van der Waals surface area contributed by atoms with Gasteiger partial charge in [-0.3, -0.25) is 4.79 Å². The summed E-state index contributed by atoms with van der Waals surface area (Å²) in [6.45, 7) is 3.25. The van der Waals surface area contributed by atoms with Gasteiger partial charge in [0.2, 0.25) is 5.91 Å². The topological polar surface area (TPSA) is 36.4 Å². The predicted molar refractivity (Wildman–Crippen MR) is 111 cm³/mol. The second kappa shape index (κ2) is 6.97. The van der Waals surface area contributed by atoms with Crippen LogP contribution in [0.5, 0.6) is 0 Å². The molecule has 1 saturated heterocycles. The second-order valence-corrected chi connectivity index (χ2v) is 8.53. The third kappa shape index (κ3) is 3.56. The first-order valence-electron chi connectivity index (χ1n) is 9.73. The van der Waals surface area contributed by atoms with Crippen molar-refractivity contribution in [3.63, 3.8) is 0 Å². The van der Waals surface area contributed by atoms with Crippen molar-refractivity contribution in [1.29, 1.82) is 0 Å². The van der Waals surface area contributed by atoms with Gasteiger partial charge in [-0.25, -0.2) is 4.98 Å². The van der Waals surface area contributed by atoms with Gasteiger partial charge in [0.05, 0.1) is 16.6 Å². The molecule has 1 saturated carbocycles. The SMILES string of the molecule is O=C(Cc1ccc(C2CC2)cc1)N1CCN(c2nc3ccccc3s2)CC1. The maximum Gasteiger partial charge on any atom is 0.227 e. The molecule has 2 fully saturated rings. The number of benzene rings is 2. The smallest absolute Gasteiger partial charge is 0.227 e. The van der Waals surface area contributed by atoms with Gasteiger partial charge in [-0.1, -0.05) is 47.7 Å². The van der Waals surface area contributed by atoms with Crippen LogP contribution in [0.2, 0.25) is 0 Å². The Bertz CT molecular complexity index is 920. The summed E-state index contributed by atoms with van der Waals surface area (Å²) in [5, 5.41) is 1.07. The number of amides is 1. The Labute approximate surface area is 163 Å². The fourth-order valence-corrected chi connectivity index (χ4v) is 4.77. The zero-order valence-corrected chi connectivity index (χ0v) is 16.1. The van der Waals surface area contributed by atoms with Gasteiger partial charge < -0.3 is 9.80 Å². The van der Waals surface area contributed by atoms with E-state index in [1.807, 2.05) is 11.0 Å². The van der Waals surface area contributed by atoms with Crippen molar-refractivity contribution in [1.82, 2.24) is 9.88 Å². The highest BCUT2D eigenvalue weighted by Crippen LogP contribution is 2.39. The average molecular weight is 378 g/mol. The van der Waals surface area contributed by atoms with Crippen LogP contribution >= 0.6 is 11.3 Å². The summed E-state index contributed by atoms with van der Waals surface area (Å²) < 4.78 is 1.22. The fourth-order valence-electron chi connectivity index (χ4n) is 3.75. The molecule has 4 nitrogen and oxygen atoms in total. The van der Waals surface area contributed by atoms with Crippen molar-refractivity contribution < 1.29 is 4.79 Å². The summed E-state index contributed by atoms with van der Waals surface area (Å²) in [6.07, 6.45) is 3.14. The number of thiazole rings is 1. The van der Waals surface area contributed by atoms with E-state index in [2.05, 4.69) is 47.4 Å². The number of rotatable bonds is 4. The van der Waals surface area contributed by atoms with E-state index in [1.165, 1.54) is 23.1 Å². The van der Waals surface area contributed by atoms with Gasteiger partial charge in [0, 0.05) is 26.2 Å². The van der Waals surface area contributed by atoms with Crippen LogP contribution in [0.25, 0.3) is 10.2 Å². The van der Waals surface area contributed by atoms with Gasteiger partial charge in [-0.05, 0) is 42.0 Å². The van der Waals surface area contributed by atoms with E-state index in [4.69, 9.17) is 4.98 Å². The summed E-state index contributed by atoms with van der Waals surface area (Å²) in [7, 11) is 0.